The third-order valence-electron chi connectivity index (χ3n) is 3.94. The summed E-state index contributed by atoms with van der Waals surface area (Å²) in [7, 11) is 0. The Labute approximate surface area is 125 Å². The summed E-state index contributed by atoms with van der Waals surface area (Å²) in [5.41, 5.74) is 1.68. The van der Waals surface area contributed by atoms with Crippen molar-refractivity contribution in [2.24, 2.45) is 5.92 Å². The Morgan fingerprint density at radius 2 is 2.00 bits per heavy atom. The standard InChI is InChI=1S/C16H24BrNO/c1-13(2)7-9-19-10-8-16(11-18-12-16)14-5-3-4-6-15(14)17/h3-6,13,18H,7-12H2,1-2H3. The van der Waals surface area contributed by atoms with Crippen molar-refractivity contribution in [3.05, 3.63) is 34.3 Å². The number of hydrogen-bond donors (Lipinski definition) is 1. The van der Waals surface area contributed by atoms with Crippen LogP contribution in [0.3, 0.4) is 0 Å². The molecule has 106 valence electrons. The first-order valence-corrected chi connectivity index (χ1v) is 7.97. The SMILES string of the molecule is CC(C)CCOCCC1(c2ccccc2Br)CNC1. The van der Waals surface area contributed by atoms with Crippen molar-refractivity contribution in [1.82, 2.24) is 5.32 Å². The average Bonchev–Trinajstić information content (AvgIpc) is 2.33. The van der Waals surface area contributed by atoms with Gasteiger partial charge < -0.3 is 10.1 Å². The molecule has 19 heavy (non-hydrogen) atoms. The van der Waals surface area contributed by atoms with Crippen LogP contribution in [-0.2, 0) is 10.2 Å². The molecule has 0 bridgehead atoms. The lowest BCUT2D eigenvalue weighted by Gasteiger charge is -2.44. The molecule has 0 atom stereocenters. The summed E-state index contributed by atoms with van der Waals surface area (Å²) in [5.74, 6) is 0.725. The fourth-order valence-corrected chi connectivity index (χ4v) is 3.21. The van der Waals surface area contributed by atoms with E-state index in [-0.39, 0.29) is 5.41 Å². The summed E-state index contributed by atoms with van der Waals surface area (Å²) in [6.07, 6.45) is 2.25. The number of halogens is 1. The first kappa shape index (κ1) is 15.0. The Morgan fingerprint density at radius 1 is 1.26 bits per heavy atom. The Hall–Kier alpha value is -0.380. The molecule has 1 aliphatic heterocycles. The highest BCUT2D eigenvalue weighted by Gasteiger charge is 2.39. The van der Waals surface area contributed by atoms with Gasteiger partial charge in [0, 0.05) is 36.2 Å². The molecule has 1 fully saturated rings. The number of benzene rings is 1. The first-order valence-electron chi connectivity index (χ1n) is 7.17. The summed E-state index contributed by atoms with van der Waals surface area (Å²) in [4.78, 5) is 0. The molecule has 1 aliphatic rings. The fraction of sp³-hybridized carbons (Fsp3) is 0.625. The topological polar surface area (TPSA) is 21.3 Å². The highest BCUT2D eigenvalue weighted by Crippen LogP contribution is 2.36. The second-order valence-corrected chi connectivity index (χ2v) is 6.76. The van der Waals surface area contributed by atoms with Gasteiger partial charge in [0.1, 0.15) is 0 Å². The average molecular weight is 326 g/mol. The first-order chi connectivity index (χ1) is 9.14. The molecule has 0 aromatic heterocycles. The van der Waals surface area contributed by atoms with Crippen molar-refractivity contribution in [1.29, 1.82) is 0 Å². The van der Waals surface area contributed by atoms with Crippen LogP contribution in [0.5, 0.6) is 0 Å². The summed E-state index contributed by atoms with van der Waals surface area (Å²) in [6, 6.07) is 8.57. The van der Waals surface area contributed by atoms with Crippen molar-refractivity contribution in [2.75, 3.05) is 26.3 Å². The van der Waals surface area contributed by atoms with Gasteiger partial charge in [-0.15, -0.1) is 0 Å². The van der Waals surface area contributed by atoms with Gasteiger partial charge in [0.15, 0.2) is 0 Å². The van der Waals surface area contributed by atoms with E-state index in [0.717, 1.165) is 45.1 Å². The normalized spacial score (nSPS) is 17.5. The monoisotopic (exact) mass is 325 g/mol. The van der Waals surface area contributed by atoms with Crippen molar-refractivity contribution in [3.8, 4) is 0 Å². The lowest BCUT2D eigenvalue weighted by Crippen LogP contribution is -2.57. The third kappa shape index (κ3) is 3.80. The molecule has 0 saturated carbocycles. The summed E-state index contributed by atoms with van der Waals surface area (Å²) < 4.78 is 7.02. The number of nitrogens with one attached hydrogen (secondary N) is 1. The van der Waals surface area contributed by atoms with E-state index in [2.05, 4.69) is 59.4 Å². The van der Waals surface area contributed by atoms with Gasteiger partial charge in [-0.2, -0.15) is 0 Å². The van der Waals surface area contributed by atoms with E-state index in [9.17, 15) is 0 Å². The van der Waals surface area contributed by atoms with Gasteiger partial charge in [-0.1, -0.05) is 48.0 Å². The highest BCUT2D eigenvalue weighted by molar-refractivity contribution is 9.10. The van der Waals surface area contributed by atoms with Gasteiger partial charge in [-0.25, -0.2) is 0 Å². The van der Waals surface area contributed by atoms with Crippen LogP contribution in [-0.4, -0.2) is 26.3 Å². The van der Waals surface area contributed by atoms with Crippen molar-refractivity contribution >= 4 is 15.9 Å². The summed E-state index contributed by atoms with van der Waals surface area (Å²) >= 11 is 3.68. The second-order valence-electron chi connectivity index (χ2n) is 5.91. The maximum absolute atomic E-state index is 5.79. The van der Waals surface area contributed by atoms with Crippen LogP contribution in [0.25, 0.3) is 0 Å². The van der Waals surface area contributed by atoms with Crippen LogP contribution in [0.15, 0.2) is 28.7 Å². The second kappa shape index (κ2) is 6.87. The van der Waals surface area contributed by atoms with Crippen LogP contribution in [0.2, 0.25) is 0 Å². The summed E-state index contributed by atoms with van der Waals surface area (Å²) in [5, 5.41) is 3.41. The Morgan fingerprint density at radius 3 is 2.58 bits per heavy atom. The number of ether oxygens (including phenoxy) is 1. The molecule has 1 N–H and O–H groups in total. The minimum atomic E-state index is 0.262. The largest absolute Gasteiger partial charge is 0.381 e. The Bertz CT molecular complexity index is 401. The molecule has 0 aliphatic carbocycles. The number of hydrogen-bond acceptors (Lipinski definition) is 2. The van der Waals surface area contributed by atoms with E-state index in [1.807, 2.05) is 0 Å². The van der Waals surface area contributed by atoms with Crippen LogP contribution >= 0.6 is 15.9 Å². The lowest BCUT2D eigenvalue weighted by molar-refractivity contribution is 0.0919. The molecule has 0 radical (unpaired) electrons. The van der Waals surface area contributed by atoms with E-state index in [1.54, 1.807) is 0 Å². The minimum Gasteiger partial charge on any atom is -0.381 e. The van der Waals surface area contributed by atoms with E-state index < -0.39 is 0 Å². The zero-order valence-corrected chi connectivity index (χ0v) is 13.5. The number of rotatable bonds is 7. The van der Waals surface area contributed by atoms with Gasteiger partial charge >= 0.3 is 0 Å². The zero-order chi connectivity index (χ0) is 13.7. The van der Waals surface area contributed by atoms with Gasteiger partial charge in [-0.05, 0) is 30.4 Å². The maximum Gasteiger partial charge on any atom is 0.0475 e. The van der Waals surface area contributed by atoms with Gasteiger partial charge in [0.2, 0.25) is 0 Å². The molecule has 2 nitrogen and oxygen atoms in total. The fourth-order valence-electron chi connectivity index (χ4n) is 2.51. The van der Waals surface area contributed by atoms with Crippen molar-refractivity contribution < 1.29 is 4.74 Å². The van der Waals surface area contributed by atoms with E-state index in [1.165, 1.54) is 10.0 Å². The quantitative estimate of drug-likeness (QED) is 0.771. The van der Waals surface area contributed by atoms with Crippen LogP contribution in [0, 0.1) is 5.92 Å². The van der Waals surface area contributed by atoms with E-state index in [0.29, 0.717) is 0 Å². The molecule has 0 amide bonds. The molecule has 0 spiro atoms. The van der Waals surface area contributed by atoms with Gasteiger partial charge in [0.05, 0.1) is 0 Å². The third-order valence-corrected chi connectivity index (χ3v) is 4.63. The predicted molar refractivity (Wildman–Crippen MR) is 83.6 cm³/mol. The zero-order valence-electron chi connectivity index (χ0n) is 11.9. The molecule has 1 aromatic rings. The Balaban J connectivity index is 1.87. The lowest BCUT2D eigenvalue weighted by atomic mass is 9.73. The molecule has 3 heteroatoms. The van der Waals surface area contributed by atoms with Crippen LogP contribution in [0.1, 0.15) is 32.3 Å². The smallest absolute Gasteiger partial charge is 0.0475 e. The van der Waals surface area contributed by atoms with E-state index in [4.69, 9.17) is 4.74 Å². The van der Waals surface area contributed by atoms with Crippen molar-refractivity contribution in [3.63, 3.8) is 0 Å². The molecular weight excluding hydrogens is 302 g/mol. The molecule has 0 unspecified atom stereocenters. The molecule has 1 aromatic carbocycles. The summed E-state index contributed by atoms with van der Waals surface area (Å²) in [6.45, 7) is 8.34. The van der Waals surface area contributed by atoms with E-state index >= 15 is 0 Å². The van der Waals surface area contributed by atoms with Crippen molar-refractivity contribution in [2.45, 2.75) is 32.1 Å². The minimum absolute atomic E-state index is 0.262. The van der Waals surface area contributed by atoms with Gasteiger partial charge in [-0.3, -0.25) is 0 Å². The Kier molecular flexibility index (Phi) is 5.43. The molecular formula is C16H24BrNO. The highest BCUT2D eigenvalue weighted by atomic mass is 79.9. The predicted octanol–water partition coefficient (Wildman–Crippen LogP) is 3.74. The molecule has 1 heterocycles. The molecule has 1 saturated heterocycles. The molecule has 2 rings (SSSR count). The van der Waals surface area contributed by atoms with Crippen LogP contribution < -0.4 is 5.32 Å². The van der Waals surface area contributed by atoms with Gasteiger partial charge in [0.25, 0.3) is 0 Å². The van der Waals surface area contributed by atoms with Crippen LogP contribution in [0.4, 0.5) is 0 Å². The maximum atomic E-state index is 5.79.